The zero-order valence-corrected chi connectivity index (χ0v) is 13.4. The van der Waals surface area contributed by atoms with Gasteiger partial charge in [0, 0.05) is 18.3 Å². The van der Waals surface area contributed by atoms with Crippen molar-refractivity contribution in [1.29, 1.82) is 0 Å². The fraction of sp³-hybridized carbons (Fsp3) is 0.154. The molecule has 8 nitrogen and oxygen atoms in total. The number of carboxylic acid groups (broad SMARTS) is 1. The van der Waals surface area contributed by atoms with Crippen LogP contribution in [0.5, 0.6) is 0 Å². The summed E-state index contributed by atoms with van der Waals surface area (Å²) in [5, 5.41) is 9.17. The number of hydrogen-bond acceptors (Lipinski definition) is 5. The Balaban J connectivity index is 2.26. The first-order valence-corrected chi connectivity index (χ1v) is 8.07. The van der Waals surface area contributed by atoms with Crippen molar-refractivity contribution in [2.75, 3.05) is 7.05 Å². The number of benzene rings is 1. The number of H-pyrrole nitrogens is 1. The fourth-order valence-corrected chi connectivity index (χ4v) is 3.00. The van der Waals surface area contributed by atoms with Crippen LogP contribution >= 0.6 is 11.6 Å². The maximum absolute atomic E-state index is 12.4. The third-order valence-corrected chi connectivity index (χ3v) is 5.05. The number of aromatic nitrogens is 2. The maximum Gasteiger partial charge on any atom is 0.342 e. The molecule has 2 aromatic rings. The highest BCUT2D eigenvalue weighted by Gasteiger charge is 2.22. The number of carbonyl (C=O) groups is 1. The van der Waals surface area contributed by atoms with Crippen LogP contribution in [0.25, 0.3) is 0 Å². The number of aromatic carboxylic acids is 1. The molecule has 0 amide bonds. The van der Waals surface area contributed by atoms with Crippen LogP contribution < -0.4 is 5.56 Å². The average molecular weight is 358 g/mol. The number of halogens is 1. The highest BCUT2D eigenvalue weighted by Crippen LogP contribution is 2.18. The van der Waals surface area contributed by atoms with Crippen LogP contribution in [0.1, 0.15) is 16.2 Å². The van der Waals surface area contributed by atoms with Gasteiger partial charge in [-0.15, -0.1) is 0 Å². The summed E-state index contributed by atoms with van der Waals surface area (Å²) in [6.45, 7) is -0.222. The van der Waals surface area contributed by atoms with Gasteiger partial charge < -0.3 is 10.1 Å². The molecule has 1 aromatic heterocycles. The molecule has 0 saturated carbocycles. The molecular formula is C13H12ClN3O5S. The Morgan fingerprint density at radius 1 is 1.35 bits per heavy atom. The van der Waals surface area contributed by atoms with Gasteiger partial charge in [0.1, 0.15) is 11.4 Å². The van der Waals surface area contributed by atoms with Crippen LogP contribution in [-0.4, -0.2) is 40.8 Å². The third kappa shape index (κ3) is 3.76. The quantitative estimate of drug-likeness (QED) is 0.821. The first-order chi connectivity index (χ1) is 10.7. The molecule has 23 heavy (non-hydrogen) atoms. The Morgan fingerprint density at radius 2 is 1.96 bits per heavy atom. The van der Waals surface area contributed by atoms with E-state index in [1.807, 2.05) is 0 Å². The summed E-state index contributed by atoms with van der Waals surface area (Å²) in [5.74, 6) is -1.38. The molecule has 0 unspecified atom stereocenters. The maximum atomic E-state index is 12.4. The highest BCUT2D eigenvalue weighted by molar-refractivity contribution is 7.89. The Bertz CT molecular complexity index is 893. The van der Waals surface area contributed by atoms with E-state index in [0.717, 1.165) is 10.5 Å². The minimum absolute atomic E-state index is 0.0278. The first kappa shape index (κ1) is 17.1. The van der Waals surface area contributed by atoms with E-state index in [0.29, 0.717) is 5.02 Å². The Labute approximate surface area is 136 Å². The molecule has 0 saturated heterocycles. The molecule has 0 aliphatic carbocycles. The number of nitrogens with zero attached hydrogens (tertiary/aromatic N) is 2. The smallest absolute Gasteiger partial charge is 0.342 e. The van der Waals surface area contributed by atoms with Crippen LogP contribution in [0.3, 0.4) is 0 Å². The SMILES string of the molecule is CN(Cc1ncc(C(=O)O)c(=O)[nH]1)S(=O)(=O)c1ccc(Cl)cc1. The van der Waals surface area contributed by atoms with Crippen molar-refractivity contribution in [1.82, 2.24) is 14.3 Å². The molecule has 10 heteroatoms. The summed E-state index contributed by atoms with van der Waals surface area (Å²) in [5.41, 5.74) is -1.36. The molecule has 1 aromatic carbocycles. The van der Waals surface area contributed by atoms with Gasteiger partial charge >= 0.3 is 5.97 Å². The minimum atomic E-state index is -3.80. The van der Waals surface area contributed by atoms with Gasteiger partial charge in [-0.25, -0.2) is 18.2 Å². The summed E-state index contributed by atoms with van der Waals surface area (Å²) >= 11 is 5.72. The lowest BCUT2D eigenvalue weighted by Gasteiger charge is -2.16. The third-order valence-electron chi connectivity index (χ3n) is 2.98. The van der Waals surface area contributed by atoms with E-state index in [2.05, 4.69) is 9.97 Å². The zero-order valence-electron chi connectivity index (χ0n) is 11.9. The number of sulfonamides is 1. The van der Waals surface area contributed by atoms with E-state index in [1.54, 1.807) is 0 Å². The highest BCUT2D eigenvalue weighted by atomic mass is 35.5. The van der Waals surface area contributed by atoms with Gasteiger partial charge in [0.15, 0.2) is 0 Å². The van der Waals surface area contributed by atoms with Crippen LogP contribution in [-0.2, 0) is 16.6 Å². The molecule has 2 rings (SSSR count). The van der Waals surface area contributed by atoms with Gasteiger partial charge in [-0.3, -0.25) is 4.79 Å². The predicted octanol–water partition coefficient (Wildman–Crippen LogP) is 0.942. The van der Waals surface area contributed by atoms with Crippen molar-refractivity contribution in [3.05, 3.63) is 57.2 Å². The zero-order chi connectivity index (χ0) is 17.2. The molecule has 0 radical (unpaired) electrons. The Morgan fingerprint density at radius 3 is 2.48 bits per heavy atom. The van der Waals surface area contributed by atoms with Crippen molar-refractivity contribution in [3.63, 3.8) is 0 Å². The number of rotatable bonds is 5. The van der Waals surface area contributed by atoms with Gasteiger partial charge in [0.2, 0.25) is 10.0 Å². The molecule has 0 atom stereocenters. The topological polar surface area (TPSA) is 120 Å². The first-order valence-electron chi connectivity index (χ1n) is 6.25. The second-order valence-electron chi connectivity index (χ2n) is 4.59. The van der Waals surface area contributed by atoms with Gasteiger partial charge in [-0.1, -0.05) is 11.6 Å². The van der Waals surface area contributed by atoms with Gasteiger partial charge in [-0.2, -0.15) is 4.31 Å². The lowest BCUT2D eigenvalue weighted by molar-refractivity contribution is 0.0694. The van der Waals surface area contributed by atoms with Crippen LogP contribution in [0.4, 0.5) is 0 Å². The Kier molecular flexibility index (Phi) is 4.83. The van der Waals surface area contributed by atoms with Crippen molar-refractivity contribution in [2.24, 2.45) is 0 Å². The second kappa shape index (κ2) is 6.49. The molecule has 1 heterocycles. The monoisotopic (exact) mass is 357 g/mol. The molecule has 122 valence electrons. The van der Waals surface area contributed by atoms with Gasteiger partial charge in [0.25, 0.3) is 5.56 Å². The average Bonchev–Trinajstić information content (AvgIpc) is 2.47. The molecule has 0 aliphatic heterocycles. The molecule has 0 fully saturated rings. The standard InChI is InChI=1S/C13H12ClN3O5S/c1-17(23(21,22)9-4-2-8(14)3-5-9)7-11-15-6-10(13(19)20)12(18)16-11/h2-6H,7H2,1H3,(H,19,20)(H,15,16,18). The number of hydrogen-bond donors (Lipinski definition) is 2. The largest absolute Gasteiger partial charge is 0.477 e. The minimum Gasteiger partial charge on any atom is -0.477 e. The van der Waals surface area contributed by atoms with Crippen molar-refractivity contribution in [2.45, 2.75) is 11.4 Å². The summed E-state index contributed by atoms with van der Waals surface area (Å²) in [6, 6.07) is 5.61. The lowest BCUT2D eigenvalue weighted by Crippen LogP contribution is -2.29. The van der Waals surface area contributed by atoms with Gasteiger partial charge in [-0.05, 0) is 24.3 Å². The summed E-state index contributed by atoms with van der Waals surface area (Å²) in [6.07, 6.45) is 0.888. The van der Waals surface area contributed by atoms with Crippen molar-refractivity contribution < 1.29 is 18.3 Å². The van der Waals surface area contributed by atoms with Crippen LogP contribution in [0.15, 0.2) is 40.2 Å². The van der Waals surface area contributed by atoms with E-state index in [4.69, 9.17) is 16.7 Å². The van der Waals surface area contributed by atoms with Crippen molar-refractivity contribution in [3.8, 4) is 0 Å². The van der Waals surface area contributed by atoms with E-state index in [9.17, 15) is 18.0 Å². The van der Waals surface area contributed by atoms with E-state index >= 15 is 0 Å². The summed E-state index contributed by atoms with van der Waals surface area (Å²) in [7, 11) is -2.48. The van der Waals surface area contributed by atoms with E-state index < -0.39 is 27.1 Å². The van der Waals surface area contributed by atoms with Crippen LogP contribution in [0.2, 0.25) is 5.02 Å². The normalized spacial score (nSPS) is 11.6. The molecule has 0 bridgehead atoms. The summed E-state index contributed by atoms with van der Waals surface area (Å²) in [4.78, 5) is 28.4. The van der Waals surface area contributed by atoms with Crippen LogP contribution in [0, 0.1) is 0 Å². The van der Waals surface area contributed by atoms with Crippen molar-refractivity contribution >= 4 is 27.6 Å². The lowest BCUT2D eigenvalue weighted by atomic mass is 10.3. The second-order valence-corrected chi connectivity index (χ2v) is 7.07. The number of nitrogens with one attached hydrogen (secondary N) is 1. The molecule has 2 N–H and O–H groups in total. The number of aromatic amines is 1. The molecule has 0 spiro atoms. The number of carboxylic acids is 1. The van der Waals surface area contributed by atoms with E-state index in [-0.39, 0.29) is 17.3 Å². The molecule has 0 aliphatic rings. The van der Waals surface area contributed by atoms with Gasteiger partial charge in [0.05, 0.1) is 11.4 Å². The van der Waals surface area contributed by atoms with E-state index in [1.165, 1.54) is 31.3 Å². The summed E-state index contributed by atoms with van der Waals surface area (Å²) < 4.78 is 25.7. The Hall–Kier alpha value is -2.23. The predicted molar refractivity (Wildman–Crippen MR) is 81.9 cm³/mol. The fourth-order valence-electron chi connectivity index (χ4n) is 1.75. The molecular weight excluding hydrogens is 346 g/mol.